The molecule has 1 aliphatic heterocycles. The second kappa shape index (κ2) is 9.41. The van der Waals surface area contributed by atoms with Gasteiger partial charge in [0, 0.05) is 19.6 Å². The zero-order valence-electron chi connectivity index (χ0n) is 18.1. The molecule has 2 N–H and O–H groups in total. The third kappa shape index (κ3) is 4.72. The molecule has 0 aromatic heterocycles. The smallest absolute Gasteiger partial charge is 0.315 e. The molecule has 30 heavy (non-hydrogen) atoms. The fourth-order valence-corrected chi connectivity index (χ4v) is 4.70. The summed E-state index contributed by atoms with van der Waals surface area (Å²) in [6, 6.07) is 14.7. The molecule has 2 atom stereocenters. The number of hydrogen-bond acceptors (Lipinski definition) is 3. The maximum absolute atomic E-state index is 12.5. The number of anilines is 1. The monoisotopic (exact) mass is 407 g/mol. The minimum atomic E-state index is -0.0871. The van der Waals surface area contributed by atoms with Gasteiger partial charge in [-0.1, -0.05) is 30.3 Å². The highest BCUT2D eigenvalue weighted by atomic mass is 16.5. The van der Waals surface area contributed by atoms with Crippen LogP contribution in [0.25, 0.3) is 0 Å². The van der Waals surface area contributed by atoms with Gasteiger partial charge in [0.2, 0.25) is 0 Å². The average molecular weight is 408 g/mol. The van der Waals surface area contributed by atoms with Crippen molar-refractivity contribution < 1.29 is 9.53 Å². The molecule has 0 radical (unpaired) electrons. The van der Waals surface area contributed by atoms with Gasteiger partial charge in [-0.2, -0.15) is 0 Å². The molecule has 1 aliphatic carbocycles. The largest absolute Gasteiger partial charge is 0.495 e. The predicted molar refractivity (Wildman–Crippen MR) is 121 cm³/mol. The molecule has 4 rings (SSSR count). The molecule has 2 aromatic carbocycles. The summed E-state index contributed by atoms with van der Waals surface area (Å²) >= 11 is 0. The van der Waals surface area contributed by atoms with E-state index in [1.165, 1.54) is 36.0 Å². The van der Waals surface area contributed by atoms with Crippen molar-refractivity contribution in [2.75, 3.05) is 31.6 Å². The summed E-state index contributed by atoms with van der Waals surface area (Å²) < 4.78 is 5.49. The highest BCUT2D eigenvalue weighted by Gasteiger charge is 2.25. The molecule has 1 fully saturated rings. The number of nitrogens with zero attached hydrogens (tertiary/aromatic N) is 1. The summed E-state index contributed by atoms with van der Waals surface area (Å²) in [6.07, 6.45) is 5.97. The molecule has 160 valence electrons. The van der Waals surface area contributed by atoms with Crippen LogP contribution in [0.4, 0.5) is 10.5 Å². The van der Waals surface area contributed by atoms with E-state index < -0.39 is 0 Å². The van der Waals surface area contributed by atoms with Crippen molar-refractivity contribution in [3.63, 3.8) is 0 Å². The van der Waals surface area contributed by atoms with E-state index in [9.17, 15) is 4.79 Å². The number of nitrogens with one attached hydrogen (secondary N) is 2. The van der Waals surface area contributed by atoms with Crippen molar-refractivity contribution in [1.29, 1.82) is 0 Å². The molecule has 0 spiro atoms. The van der Waals surface area contributed by atoms with E-state index in [0.29, 0.717) is 12.5 Å². The lowest BCUT2D eigenvalue weighted by Gasteiger charge is -2.22. The molecule has 2 aromatic rings. The van der Waals surface area contributed by atoms with Crippen LogP contribution >= 0.6 is 0 Å². The first-order chi connectivity index (χ1) is 14.6. The highest BCUT2D eigenvalue weighted by Crippen LogP contribution is 2.31. The number of fused-ring (bicyclic) bond motifs is 1. The van der Waals surface area contributed by atoms with Crippen LogP contribution in [0.2, 0.25) is 0 Å². The summed E-state index contributed by atoms with van der Waals surface area (Å²) in [5.41, 5.74) is 5.25. The number of amides is 2. The van der Waals surface area contributed by atoms with Crippen molar-refractivity contribution >= 4 is 11.7 Å². The topological polar surface area (TPSA) is 53.6 Å². The van der Waals surface area contributed by atoms with Gasteiger partial charge in [-0.3, -0.25) is 0 Å². The van der Waals surface area contributed by atoms with Crippen molar-refractivity contribution in [2.45, 2.75) is 45.1 Å². The number of aryl methyl sites for hydroxylation is 2. The van der Waals surface area contributed by atoms with Gasteiger partial charge in [0.15, 0.2) is 0 Å². The van der Waals surface area contributed by atoms with Crippen LogP contribution < -0.4 is 20.3 Å². The lowest BCUT2D eigenvalue weighted by molar-refractivity contribution is 0.236. The van der Waals surface area contributed by atoms with E-state index in [-0.39, 0.29) is 12.1 Å². The third-order valence-electron chi connectivity index (χ3n) is 6.48. The van der Waals surface area contributed by atoms with Crippen molar-refractivity contribution in [1.82, 2.24) is 10.6 Å². The molecule has 2 aliphatic rings. The van der Waals surface area contributed by atoms with E-state index in [0.717, 1.165) is 37.4 Å². The van der Waals surface area contributed by atoms with Crippen LogP contribution in [-0.4, -0.2) is 32.8 Å². The van der Waals surface area contributed by atoms with Crippen LogP contribution in [0, 0.1) is 5.92 Å². The zero-order valence-corrected chi connectivity index (χ0v) is 18.1. The number of para-hydroxylation sites is 2. The number of methoxy groups -OCH3 is 1. The Labute approximate surface area is 179 Å². The first-order valence-corrected chi connectivity index (χ1v) is 11.2. The maximum Gasteiger partial charge on any atom is 0.315 e. The summed E-state index contributed by atoms with van der Waals surface area (Å²) in [7, 11) is 1.71. The Kier molecular flexibility index (Phi) is 6.46. The first-order valence-electron chi connectivity index (χ1n) is 11.2. The minimum Gasteiger partial charge on any atom is -0.495 e. The maximum atomic E-state index is 12.5. The molecule has 1 heterocycles. The fourth-order valence-electron chi connectivity index (χ4n) is 4.70. The Hall–Kier alpha value is -2.69. The highest BCUT2D eigenvalue weighted by molar-refractivity contribution is 5.74. The number of benzene rings is 2. The van der Waals surface area contributed by atoms with Crippen LogP contribution in [0.3, 0.4) is 0 Å². The van der Waals surface area contributed by atoms with Gasteiger partial charge in [-0.05, 0) is 73.8 Å². The van der Waals surface area contributed by atoms with Gasteiger partial charge in [0.05, 0.1) is 18.8 Å². The van der Waals surface area contributed by atoms with Gasteiger partial charge in [-0.15, -0.1) is 0 Å². The second-order valence-electron chi connectivity index (χ2n) is 8.58. The second-order valence-corrected chi connectivity index (χ2v) is 8.58. The Balaban J connectivity index is 1.26. The van der Waals surface area contributed by atoms with Gasteiger partial charge >= 0.3 is 6.03 Å². The average Bonchev–Trinajstić information content (AvgIpc) is 3.26. The van der Waals surface area contributed by atoms with Gasteiger partial charge < -0.3 is 20.3 Å². The SMILES string of the molecule is COc1ccccc1N1CCC(CNC(=O)NC(C)c2ccc3c(c2)CCCC3)C1. The molecule has 0 saturated carbocycles. The Morgan fingerprint density at radius 3 is 2.80 bits per heavy atom. The first kappa shape index (κ1) is 20.6. The molecular weight excluding hydrogens is 374 g/mol. The van der Waals surface area contributed by atoms with Crippen molar-refractivity contribution in [3.05, 3.63) is 59.2 Å². The summed E-state index contributed by atoms with van der Waals surface area (Å²) in [5, 5.41) is 6.18. The Bertz CT molecular complexity index is 882. The summed E-state index contributed by atoms with van der Waals surface area (Å²) in [5.74, 6) is 1.35. The predicted octanol–water partition coefficient (Wildman–Crippen LogP) is 4.46. The van der Waals surface area contributed by atoms with Gasteiger partial charge in [0.1, 0.15) is 5.75 Å². The lowest BCUT2D eigenvalue weighted by Crippen LogP contribution is -2.40. The Morgan fingerprint density at radius 2 is 1.97 bits per heavy atom. The molecule has 5 heteroatoms. The number of urea groups is 1. The number of ether oxygens (including phenoxy) is 1. The van der Waals surface area contributed by atoms with E-state index in [4.69, 9.17) is 4.74 Å². The van der Waals surface area contributed by atoms with Crippen molar-refractivity contribution in [3.8, 4) is 5.75 Å². The molecule has 5 nitrogen and oxygen atoms in total. The van der Waals surface area contributed by atoms with Crippen molar-refractivity contribution in [2.24, 2.45) is 5.92 Å². The van der Waals surface area contributed by atoms with E-state index in [1.807, 2.05) is 18.2 Å². The van der Waals surface area contributed by atoms with Crippen LogP contribution in [0.15, 0.2) is 42.5 Å². The third-order valence-corrected chi connectivity index (χ3v) is 6.48. The Morgan fingerprint density at radius 1 is 1.17 bits per heavy atom. The standard InChI is InChI=1S/C25H33N3O2/c1-18(21-12-11-20-7-3-4-8-22(20)15-21)27-25(29)26-16-19-13-14-28(17-19)23-9-5-6-10-24(23)30-2/h5-6,9-12,15,18-19H,3-4,7-8,13-14,16-17H2,1-2H3,(H2,26,27,29). The molecule has 2 amide bonds. The van der Waals surface area contributed by atoms with Crippen LogP contribution in [-0.2, 0) is 12.8 Å². The summed E-state index contributed by atoms with van der Waals surface area (Å²) in [6.45, 7) is 4.67. The number of carbonyl (C=O) groups is 1. The lowest BCUT2D eigenvalue weighted by atomic mass is 9.89. The van der Waals surface area contributed by atoms with E-state index in [1.54, 1.807) is 7.11 Å². The number of carbonyl (C=O) groups excluding carboxylic acids is 1. The van der Waals surface area contributed by atoms with E-state index >= 15 is 0 Å². The number of rotatable bonds is 6. The van der Waals surface area contributed by atoms with Crippen LogP contribution in [0.5, 0.6) is 5.75 Å². The normalized spacial score (nSPS) is 19.1. The zero-order chi connectivity index (χ0) is 20.9. The minimum absolute atomic E-state index is 0.00545. The van der Waals surface area contributed by atoms with Gasteiger partial charge in [0.25, 0.3) is 0 Å². The molecule has 1 saturated heterocycles. The summed E-state index contributed by atoms with van der Waals surface area (Å²) in [4.78, 5) is 14.8. The molecule has 0 bridgehead atoms. The van der Waals surface area contributed by atoms with Gasteiger partial charge in [-0.25, -0.2) is 4.79 Å². The quantitative estimate of drug-likeness (QED) is 0.743. The molecule has 2 unspecified atom stereocenters. The number of hydrogen-bond donors (Lipinski definition) is 2. The van der Waals surface area contributed by atoms with E-state index in [2.05, 4.69) is 46.7 Å². The van der Waals surface area contributed by atoms with Crippen LogP contribution in [0.1, 0.15) is 48.9 Å². The fraction of sp³-hybridized carbons (Fsp3) is 0.480. The molecular formula is C25H33N3O2.